The Balaban J connectivity index is 0.00000176. The fourth-order valence-corrected chi connectivity index (χ4v) is 3.45. The molecule has 2 atom stereocenters. The summed E-state index contributed by atoms with van der Waals surface area (Å²) in [5.74, 6) is 0.329. The highest BCUT2D eigenvalue weighted by Crippen LogP contribution is 2.34. The van der Waals surface area contributed by atoms with E-state index in [-0.39, 0.29) is 24.5 Å². The molecule has 0 amide bonds. The molecule has 2 unspecified atom stereocenters. The molecule has 2 nitrogen and oxygen atoms in total. The second kappa shape index (κ2) is 6.72. The zero-order valence-corrected chi connectivity index (χ0v) is 12.8. The minimum atomic E-state index is -4.51. The maximum atomic E-state index is 13.1. The fraction of sp³-hybridized carbons (Fsp3) is 0.600. The van der Waals surface area contributed by atoms with E-state index in [0.717, 1.165) is 38.7 Å². The summed E-state index contributed by atoms with van der Waals surface area (Å²) >= 11 is 0. The van der Waals surface area contributed by atoms with Crippen LogP contribution in [0, 0.1) is 17.7 Å². The molecule has 2 saturated heterocycles. The molecule has 1 N–H and O–H groups in total. The second-order valence-electron chi connectivity index (χ2n) is 6.00. The quantitative estimate of drug-likeness (QED) is 0.832. The molecular formula is C15H19ClF4N2. The highest BCUT2D eigenvalue weighted by atomic mass is 35.5. The van der Waals surface area contributed by atoms with Crippen molar-refractivity contribution in [1.82, 2.24) is 10.2 Å². The van der Waals surface area contributed by atoms with Crippen LogP contribution < -0.4 is 5.32 Å². The Morgan fingerprint density at radius 1 is 1.18 bits per heavy atom. The van der Waals surface area contributed by atoms with E-state index in [4.69, 9.17) is 0 Å². The number of piperidine rings is 1. The lowest BCUT2D eigenvalue weighted by Gasteiger charge is -2.34. The molecule has 2 fully saturated rings. The van der Waals surface area contributed by atoms with Gasteiger partial charge in [0.25, 0.3) is 0 Å². The first-order valence-electron chi connectivity index (χ1n) is 7.22. The summed E-state index contributed by atoms with van der Waals surface area (Å²) in [6.45, 7) is 3.81. The van der Waals surface area contributed by atoms with Crippen LogP contribution in [0.25, 0.3) is 0 Å². The van der Waals surface area contributed by atoms with Crippen LogP contribution in [0.5, 0.6) is 0 Å². The van der Waals surface area contributed by atoms with Gasteiger partial charge in [0, 0.05) is 13.1 Å². The maximum absolute atomic E-state index is 13.1. The Labute approximate surface area is 133 Å². The first-order chi connectivity index (χ1) is 9.93. The van der Waals surface area contributed by atoms with Crippen molar-refractivity contribution < 1.29 is 17.6 Å². The van der Waals surface area contributed by atoms with Crippen LogP contribution in [0.3, 0.4) is 0 Å². The second-order valence-corrected chi connectivity index (χ2v) is 6.00. The molecule has 0 spiro atoms. The van der Waals surface area contributed by atoms with Crippen molar-refractivity contribution in [3.05, 3.63) is 35.1 Å². The number of alkyl halides is 3. The zero-order valence-electron chi connectivity index (χ0n) is 12.0. The molecule has 0 bridgehead atoms. The molecule has 1 aromatic carbocycles. The predicted molar refractivity (Wildman–Crippen MR) is 78.4 cm³/mol. The largest absolute Gasteiger partial charge is 0.416 e. The number of likely N-dealkylation sites (tertiary alicyclic amines) is 1. The molecule has 2 aliphatic heterocycles. The van der Waals surface area contributed by atoms with Gasteiger partial charge in [0.2, 0.25) is 0 Å². The van der Waals surface area contributed by atoms with Crippen LogP contribution >= 0.6 is 12.4 Å². The molecule has 2 aliphatic rings. The number of nitrogens with zero attached hydrogens (tertiary/aromatic N) is 1. The summed E-state index contributed by atoms with van der Waals surface area (Å²) in [6.07, 6.45) is -3.50. The van der Waals surface area contributed by atoms with Crippen molar-refractivity contribution in [3.8, 4) is 0 Å². The van der Waals surface area contributed by atoms with Crippen molar-refractivity contribution >= 4 is 12.4 Å². The minimum absolute atomic E-state index is 0. The van der Waals surface area contributed by atoms with Gasteiger partial charge in [-0.25, -0.2) is 4.39 Å². The number of rotatable bonds is 2. The Morgan fingerprint density at radius 2 is 1.91 bits per heavy atom. The number of hydrogen-bond acceptors (Lipinski definition) is 2. The van der Waals surface area contributed by atoms with Gasteiger partial charge in [-0.05, 0) is 55.6 Å². The maximum Gasteiger partial charge on any atom is 0.416 e. The Kier molecular flexibility index (Phi) is 5.35. The predicted octanol–water partition coefficient (Wildman–Crippen LogP) is 3.31. The summed E-state index contributed by atoms with van der Waals surface area (Å²) in [6, 6.07) is 2.96. The summed E-state index contributed by atoms with van der Waals surface area (Å²) in [7, 11) is 0. The van der Waals surface area contributed by atoms with Gasteiger partial charge in [-0.15, -0.1) is 12.4 Å². The first kappa shape index (κ1) is 17.5. The molecule has 0 saturated carbocycles. The van der Waals surface area contributed by atoms with Crippen molar-refractivity contribution in [2.75, 3.05) is 26.2 Å². The van der Waals surface area contributed by atoms with E-state index in [1.165, 1.54) is 6.07 Å². The molecule has 0 aliphatic carbocycles. The molecule has 0 radical (unpaired) electrons. The van der Waals surface area contributed by atoms with Crippen molar-refractivity contribution in [3.63, 3.8) is 0 Å². The van der Waals surface area contributed by atoms with E-state index in [1.807, 2.05) is 0 Å². The summed E-state index contributed by atoms with van der Waals surface area (Å²) in [5, 5.41) is 3.34. The van der Waals surface area contributed by atoms with E-state index in [1.54, 1.807) is 0 Å². The fourth-order valence-electron chi connectivity index (χ4n) is 3.45. The Bertz CT molecular complexity index is 521. The van der Waals surface area contributed by atoms with Gasteiger partial charge >= 0.3 is 6.18 Å². The molecule has 7 heteroatoms. The van der Waals surface area contributed by atoms with Gasteiger partial charge < -0.3 is 5.32 Å². The molecule has 0 aromatic heterocycles. The van der Waals surface area contributed by atoms with Crippen LogP contribution in [0.1, 0.15) is 17.5 Å². The van der Waals surface area contributed by atoms with E-state index in [0.29, 0.717) is 17.9 Å². The Hall–Kier alpha value is -0.850. The highest BCUT2D eigenvalue weighted by molar-refractivity contribution is 5.85. The molecular weight excluding hydrogens is 320 g/mol. The van der Waals surface area contributed by atoms with Crippen molar-refractivity contribution in [2.45, 2.75) is 19.1 Å². The molecule has 124 valence electrons. The lowest BCUT2D eigenvalue weighted by molar-refractivity contribution is -0.138. The van der Waals surface area contributed by atoms with E-state index < -0.39 is 17.6 Å². The monoisotopic (exact) mass is 338 g/mol. The smallest absolute Gasteiger partial charge is 0.316 e. The summed E-state index contributed by atoms with van der Waals surface area (Å²) < 4.78 is 52.1. The van der Waals surface area contributed by atoms with Crippen LogP contribution in [-0.2, 0) is 12.7 Å². The lowest BCUT2D eigenvalue weighted by atomic mass is 9.88. The van der Waals surface area contributed by atoms with Gasteiger partial charge in [-0.1, -0.05) is 6.07 Å². The number of nitrogens with one attached hydrogen (secondary N) is 1. The Morgan fingerprint density at radius 3 is 2.64 bits per heavy atom. The third-order valence-corrected chi connectivity index (χ3v) is 4.56. The average Bonchev–Trinajstić information content (AvgIpc) is 2.87. The molecule has 3 rings (SSSR count). The van der Waals surface area contributed by atoms with E-state index >= 15 is 0 Å². The SMILES string of the molecule is Cl.Fc1ccc(CN2CCC3CNCC3C2)c(C(F)(F)F)c1. The van der Waals surface area contributed by atoms with Crippen molar-refractivity contribution in [1.29, 1.82) is 0 Å². The van der Waals surface area contributed by atoms with E-state index in [2.05, 4.69) is 10.2 Å². The van der Waals surface area contributed by atoms with Crippen LogP contribution in [0.15, 0.2) is 18.2 Å². The van der Waals surface area contributed by atoms with Gasteiger partial charge in [0.05, 0.1) is 5.56 Å². The highest BCUT2D eigenvalue weighted by Gasteiger charge is 2.36. The third kappa shape index (κ3) is 3.73. The minimum Gasteiger partial charge on any atom is -0.316 e. The van der Waals surface area contributed by atoms with E-state index in [9.17, 15) is 17.6 Å². The summed E-state index contributed by atoms with van der Waals surface area (Å²) in [4.78, 5) is 2.05. The van der Waals surface area contributed by atoms with Gasteiger partial charge in [-0.2, -0.15) is 13.2 Å². The number of fused-ring (bicyclic) bond motifs is 1. The van der Waals surface area contributed by atoms with Crippen LogP contribution in [0.2, 0.25) is 0 Å². The third-order valence-electron chi connectivity index (χ3n) is 4.56. The number of benzene rings is 1. The number of hydrogen-bond donors (Lipinski definition) is 1. The first-order valence-corrected chi connectivity index (χ1v) is 7.22. The standard InChI is InChI=1S/C15H18F4N2.ClH/c16-13-2-1-11(14(5-13)15(17,18)19)8-21-4-3-10-6-20-7-12(10)9-21;/h1-2,5,10,12,20H,3-4,6-9H2;1H. The topological polar surface area (TPSA) is 15.3 Å². The normalized spacial score (nSPS) is 25.6. The molecule has 22 heavy (non-hydrogen) atoms. The lowest BCUT2D eigenvalue weighted by Crippen LogP contribution is -2.39. The van der Waals surface area contributed by atoms with Crippen molar-refractivity contribution in [2.24, 2.45) is 11.8 Å². The van der Waals surface area contributed by atoms with Crippen LogP contribution in [0.4, 0.5) is 17.6 Å². The number of halogens is 5. The average molecular weight is 339 g/mol. The summed E-state index contributed by atoms with van der Waals surface area (Å²) in [5.41, 5.74) is -0.692. The zero-order chi connectivity index (χ0) is 15.0. The van der Waals surface area contributed by atoms with Gasteiger partial charge in [0.1, 0.15) is 5.82 Å². The van der Waals surface area contributed by atoms with Gasteiger partial charge in [0.15, 0.2) is 0 Å². The molecule has 1 aromatic rings. The molecule has 2 heterocycles. The van der Waals surface area contributed by atoms with Crippen LogP contribution in [-0.4, -0.2) is 31.1 Å². The van der Waals surface area contributed by atoms with Gasteiger partial charge in [-0.3, -0.25) is 4.90 Å².